The number of esters is 2. The minimum absolute atomic E-state index is 0.0248. The Labute approximate surface area is 388 Å². The number of rotatable bonds is 40. The van der Waals surface area contributed by atoms with Crippen molar-refractivity contribution in [3.63, 3.8) is 0 Å². The summed E-state index contributed by atoms with van der Waals surface area (Å²) >= 11 is 0. The van der Waals surface area contributed by atoms with Crippen LogP contribution in [0.4, 0.5) is 0 Å². The fourth-order valence-corrected chi connectivity index (χ4v) is 8.67. The van der Waals surface area contributed by atoms with Crippen LogP contribution in [0.3, 0.4) is 0 Å². The predicted molar refractivity (Wildman–Crippen MR) is 250 cm³/mol. The number of ether oxygens (including phenoxy) is 2. The summed E-state index contributed by atoms with van der Waals surface area (Å²) in [4.78, 5) is 54.0. The molecule has 16 nitrogen and oxygen atoms in total. The Morgan fingerprint density at radius 3 is 1.34 bits per heavy atom. The molecule has 8 atom stereocenters. The Kier molecular flexibility index (Phi) is 35.5. The summed E-state index contributed by atoms with van der Waals surface area (Å²) < 4.78 is 49.1. The molecule has 0 radical (unpaired) electrons. The largest absolute Gasteiger partial charge is 0.472 e. The Balaban J connectivity index is 2.61. The highest BCUT2D eigenvalue weighted by Crippen LogP contribution is 2.48. The lowest BCUT2D eigenvalue weighted by Gasteiger charge is -2.43. The predicted octanol–water partition coefficient (Wildman–Crippen LogP) is 9.29. The number of unbranched alkanes of at least 4 members (excludes halogenated alkanes) is 18. The fraction of sp³-hybridized carbons (Fsp3) is 0.787. The van der Waals surface area contributed by atoms with Gasteiger partial charge in [-0.15, -0.1) is 0 Å². The zero-order valence-corrected chi connectivity index (χ0v) is 40.9. The maximum atomic E-state index is 12.9. The summed E-state index contributed by atoms with van der Waals surface area (Å²) in [7, 11) is -10.6. The Morgan fingerprint density at radius 1 is 0.492 bits per heavy atom. The van der Waals surface area contributed by atoms with E-state index in [1.165, 1.54) is 83.5 Å². The molecule has 0 saturated heterocycles. The molecule has 7 N–H and O–H groups in total. The van der Waals surface area contributed by atoms with Gasteiger partial charge in [0.25, 0.3) is 0 Å². The number of aliphatic hydroxyl groups is 4. The van der Waals surface area contributed by atoms with Gasteiger partial charge in [-0.05, 0) is 51.4 Å². The number of carbonyl (C=O) groups is 2. The molecule has 1 fully saturated rings. The van der Waals surface area contributed by atoms with Crippen molar-refractivity contribution in [3.05, 3.63) is 48.6 Å². The Hall–Kier alpha value is -2.04. The van der Waals surface area contributed by atoms with Gasteiger partial charge in [-0.3, -0.25) is 23.2 Å². The number of hydrogen-bond donors (Lipinski definition) is 7. The molecule has 1 saturated carbocycles. The first-order valence-electron chi connectivity index (χ1n) is 24.2. The van der Waals surface area contributed by atoms with E-state index in [0.717, 1.165) is 51.4 Å². The number of allylic oxidation sites excluding steroid dienone is 8. The summed E-state index contributed by atoms with van der Waals surface area (Å²) in [5, 5.41) is 41.5. The number of phosphoric ester groups is 2. The maximum Gasteiger partial charge on any atom is 0.472 e. The van der Waals surface area contributed by atoms with Crippen LogP contribution in [0.2, 0.25) is 0 Å². The lowest BCUT2D eigenvalue weighted by atomic mass is 9.85. The summed E-state index contributed by atoms with van der Waals surface area (Å²) in [5.74, 6) is -1.25. The van der Waals surface area contributed by atoms with Crippen molar-refractivity contribution in [2.24, 2.45) is 0 Å². The number of carbonyl (C=O) groups excluding carboxylic acids is 2. The second kappa shape index (κ2) is 37.9. The van der Waals surface area contributed by atoms with Gasteiger partial charge in [-0.1, -0.05) is 165 Å². The Morgan fingerprint density at radius 2 is 0.877 bits per heavy atom. The molecule has 0 aliphatic heterocycles. The highest BCUT2D eigenvalue weighted by Gasteiger charge is 2.54. The second-order valence-corrected chi connectivity index (χ2v) is 19.4. The van der Waals surface area contributed by atoms with E-state index in [4.69, 9.17) is 28.3 Å². The van der Waals surface area contributed by atoms with Crippen molar-refractivity contribution in [2.45, 2.75) is 224 Å². The monoisotopic (exact) mass is 967 g/mol. The van der Waals surface area contributed by atoms with E-state index < -0.39 is 83.5 Å². The van der Waals surface area contributed by atoms with Crippen molar-refractivity contribution in [1.29, 1.82) is 0 Å². The molecule has 0 heterocycles. The second-order valence-electron chi connectivity index (χ2n) is 16.8. The van der Waals surface area contributed by atoms with Gasteiger partial charge in [-0.25, -0.2) is 9.13 Å². The van der Waals surface area contributed by atoms with Gasteiger partial charge in [0, 0.05) is 12.8 Å². The highest BCUT2D eigenvalue weighted by atomic mass is 31.2. The number of hydrogen-bond acceptors (Lipinski definition) is 13. The molecule has 18 heteroatoms. The molecule has 1 aliphatic carbocycles. The summed E-state index contributed by atoms with van der Waals surface area (Å²) in [6.45, 7) is 3.07. The first-order chi connectivity index (χ1) is 31.1. The van der Waals surface area contributed by atoms with Crippen molar-refractivity contribution in [3.8, 4) is 0 Å². The van der Waals surface area contributed by atoms with Crippen LogP contribution in [0, 0.1) is 0 Å². The van der Waals surface area contributed by atoms with E-state index in [1.807, 2.05) is 12.2 Å². The van der Waals surface area contributed by atoms with E-state index >= 15 is 0 Å². The van der Waals surface area contributed by atoms with Crippen molar-refractivity contribution >= 4 is 27.6 Å². The minimum Gasteiger partial charge on any atom is -0.462 e. The van der Waals surface area contributed by atoms with Gasteiger partial charge >= 0.3 is 27.6 Å². The van der Waals surface area contributed by atoms with E-state index in [2.05, 4.69) is 54.8 Å². The average Bonchev–Trinajstić information content (AvgIpc) is 3.26. The third-order valence-electron chi connectivity index (χ3n) is 10.9. The molecule has 3 unspecified atom stereocenters. The van der Waals surface area contributed by atoms with Gasteiger partial charge in [0.15, 0.2) is 6.10 Å². The highest BCUT2D eigenvalue weighted by molar-refractivity contribution is 7.47. The molecule has 0 aromatic rings. The summed E-state index contributed by atoms with van der Waals surface area (Å²) in [6.07, 6.45) is 28.0. The molecule has 1 aliphatic rings. The number of phosphoric acid groups is 2. The summed E-state index contributed by atoms with van der Waals surface area (Å²) in [6, 6.07) is 0. The van der Waals surface area contributed by atoms with Gasteiger partial charge in [0.2, 0.25) is 0 Å². The quantitative estimate of drug-likeness (QED) is 0.0131. The minimum atomic E-state index is -5.31. The van der Waals surface area contributed by atoms with Gasteiger partial charge < -0.3 is 44.6 Å². The van der Waals surface area contributed by atoms with Crippen LogP contribution in [0.5, 0.6) is 0 Å². The molecule has 0 amide bonds. The summed E-state index contributed by atoms with van der Waals surface area (Å²) in [5.41, 5.74) is 0. The first kappa shape index (κ1) is 61.0. The van der Waals surface area contributed by atoms with Crippen LogP contribution in [0.1, 0.15) is 181 Å². The van der Waals surface area contributed by atoms with Crippen LogP contribution in [-0.4, -0.2) is 103 Å². The van der Waals surface area contributed by atoms with E-state index in [1.54, 1.807) is 0 Å². The van der Waals surface area contributed by atoms with Crippen LogP contribution in [0.25, 0.3) is 0 Å². The average molecular weight is 967 g/mol. The SMILES string of the molecule is CCCCC/C=C\C/C=C\C/C=C\C/C=C/CCCC(=O)O[C@H](COC(=O)CCCCCCCCCCCCCCCCC)COP(=O)(O)OC1[C@H](O)[C@H](O)C(OP(=O)(O)O)[C@H](O)[C@H]1O. The fourth-order valence-electron chi connectivity index (χ4n) is 7.14. The van der Waals surface area contributed by atoms with Crippen LogP contribution < -0.4 is 0 Å². The molecule has 0 spiro atoms. The zero-order valence-electron chi connectivity index (χ0n) is 39.2. The first-order valence-corrected chi connectivity index (χ1v) is 27.2. The number of aliphatic hydroxyl groups excluding tert-OH is 4. The Bertz CT molecular complexity index is 1430. The molecule has 0 aromatic heterocycles. The van der Waals surface area contributed by atoms with Crippen molar-refractivity contribution in [2.75, 3.05) is 13.2 Å². The molecule has 0 aromatic carbocycles. The van der Waals surface area contributed by atoms with Crippen LogP contribution in [-0.2, 0) is 41.8 Å². The maximum absolute atomic E-state index is 12.9. The lowest BCUT2D eigenvalue weighted by molar-refractivity contribution is -0.216. The van der Waals surface area contributed by atoms with Gasteiger partial charge in [0.05, 0.1) is 6.61 Å². The van der Waals surface area contributed by atoms with Crippen LogP contribution in [0.15, 0.2) is 48.6 Å². The lowest BCUT2D eigenvalue weighted by Crippen LogP contribution is -2.64. The third kappa shape index (κ3) is 32.4. The molecule has 65 heavy (non-hydrogen) atoms. The molecular weight excluding hydrogens is 882 g/mol. The molecule has 0 bridgehead atoms. The van der Waals surface area contributed by atoms with E-state index in [0.29, 0.717) is 19.3 Å². The van der Waals surface area contributed by atoms with E-state index in [9.17, 15) is 44.0 Å². The molecule has 378 valence electrons. The van der Waals surface area contributed by atoms with Crippen molar-refractivity contribution < 1.29 is 76.9 Å². The van der Waals surface area contributed by atoms with Gasteiger partial charge in [0.1, 0.15) is 43.2 Å². The molecule has 1 rings (SSSR count). The standard InChI is InChI=1S/C47H84O16P2/c1-3-5-7-9-11-13-15-17-19-20-22-24-26-28-30-32-34-36-41(49)61-39(37-59-40(48)35-33-31-29-27-25-23-21-18-16-14-12-10-8-6-4-2)38-60-65(57,58)63-47-44(52)42(50)46(43(51)45(47)53)62-64(54,55)56/h11,13,17,19,22,24,28,30,39,42-47,50-53H,3-10,12,14-16,18,20-21,23,25-27,29,31-38H2,1-2H3,(H,57,58)(H2,54,55,56)/b13-11-,19-17-,24-22-,30-28+/t39-,42-,43+,44-,45-,46?,47?/m1/s1. The topological polar surface area (TPSA) is 256 Å². The van der Waals surface area contributed by atoms with Crippen molar-refractivity contribution in [1.82, 2.24) is 0 Å². The smallest absolute Gasteiger partial charge is 0.462 e. The van der Waals surface area contributed by atoms with Crippen LogP contribution >= 0.6 is 15.6 Å². The normalized spacial score (nSPS) is 22.0. The van der Waals surface area contributed by atoms with Gasteiger partial charge in [-0.2, -0.15) is 0 Å². The third-order valence-corrected chi connectivity index (χ3v) is 12.4. The zero-order chi connectivity index (χ0) is 48.2. The molecular formula is C47H84O16P2. The van der Waals surface area contributed by atoms with E-state index in [-0.39, 0.29) is 12.8 Å².